The molecular weight excluding hydrogens is 116 g/mol. The largest absolute Gasteiger partial charge is 0.366 e. The summed E-state index contributed by atoms with van der Waals surface area (Å²) in [6.07, 6.45) is 1.66. The summed E-state index contributed by atoms with van der Waals surface area (Å²) in [5.74, 6) is -0.899. The van der Waals surface area contributed by atoms with Crippen LogP contribution in [0, 0.1) is 0 Å². The van der Waals surface area contributed by atoms with E-state index in [1.807, 2.05) is 13.8 Å². The Morgan fingerprint density at radius 1 is 1.44 bits per heavy atom. The lowest BCUT2D eigenvalue weighted by Gasteiger charge is -2.21. The highest BCUT2D eigenvalue weighted by Gasteiger charge is 2.17. The Morgan fingerprint density at radius 2 is 2.00 bits per heavy atom. The fraction of sp³-hybridized carbons (Fsp3) is 1.00. The molecule has 1 atom stereocenters. The van der Waals surface area contributed by atoms with Gasteiger partial charge in [-0.1, -0.05) is 13.3 Å². The molecule has 0 fully saturated rings. The molecule has 9 heavy (non-hydrogen) atoms. The minimum atomic E-state index is -0.899. The topological polar surface area (TPSA) is 29.5 Å². The van der Waals surface area contributed by atoms with Gasteiger partial charge in [-0.15, -0.1) is 0 Å². The standard InChI is InChI=1S/C7H16O2/c1-4-6-7(3,8)9-5-2/h8H,4-6H2,1-3H3. The van der Waals surface area contributed by atoms with E-state index in [1.165, 1.54) is 0 Å². The SMILES string of the molecule is CCCC(C)(O)OCC. The number of ether oxygens (including phenoxy) is 1. The second kappa shape index (κ2) is 3.85. The van der Waals surface area contributed by atoms with Crippen LogP contribution in [0.15, 0.2) is 0 Å². The van der Waals surface area contributed by atoms with Gasteiger partial charge in [-0.2, -0.15) is 0 Å². The van der Waals surface area contributed by atoms with E-state index < -0.39 is 5.79 Å². The van der Waals surface area contributed by atoms with Gasteiger partial charge in [-0.3, -0.25) is 0 Å². The summed E-state index contributed by atoms with van der Waals surface area (Å²) < 4.78 is 5.03. The highest BCUT2D eigenvalue weighted by molar-refractivity contribution is 4.56. The first kappa shape index (κ1) is 8.92. The number of aliphatic hydroxyl groups is 1. The normalized spacial score (nSPS) is 17.3. The van der Waals surface area contributed by atoms with Crippen molar-refractivity contribution in [3.05, 3.63) is 0 Å². The molecule has 0 amide bonds. The monoisotopic (exact) mass is 132 g/mol. The van der Waals surface area contributed by atoms with Gasteiger partial charge in [0.05, 0.1) is 0 Å². The zero-order chi connectivity index (χ0) is 7.33. The average Bonchev–Trinajstić information content (AvgIpc) is 1.64. The molecule has 0 spiro atoms. The molecule has 0 aromatic heterocycles. The van der Waals surface area contributed by atoms with Crippen molar-refractivity contribution in [2.24, 2.45) is 0 Å². The second-order valence-electron chi connectivity index (χ2n) is 2.36. The van der Waals surface area contributed by atoms with E-state index in [4.69, 9.17) is 4.74 Å². The summed E-state index contributed by atoms with van der Waals surface area (Å²) in [7, 11) is 0. The Balaban J connectivity index is 3.43. The van der Waals surface area contributed by atoms with Gasteiger partial charge in [0.25, 0.3) is 0 Å². The first-order valence-electron chi connectivity index (χ1n) is 3.48. The molecule has 0 aromatic rings. The van der Waals surface area contributed by atoms with Gasteiger partial charge >= 0.3 is 0 Å². The lowest BCUT2D eigenvalue weighted by atomic mass is 10.2. The summed E-state index contributed by atoms with van der Waals surface area (Å²) >= 11 is 0. The van der Waals surface area contributed by atoms with Crippen LogP contribution in [0.5, 0.6) is 0 Å². The lowest BCUT2D eigenvalue weighted by Crippen LogP contribution is -2.27. The molecular formula is C7H16O2. The minimum absolute atomic E-state index is 0.576. The molecule has 0 saturated heterocycles. The molecule has 1 unspecified atom stereocenters. The summed E-state index contributed by atoms with van der Waals surface area (Å²) in [5.41, 5.74) is 0. The fourth-order valence-corrected chi connectivity index (χ4v) is 0.847. The summed E-state index contributed by atoms with van der Waals surface area (Å²) in [4.78, 5) is 0. The van der Waals surface area contributed by atoms with Crippen molar-refractivity contribution in [1.29, 1.82) is 0 Å². The zero-order valence-corrected chi connectivity index (χ0v) is 6.48. The molecule has 0 saturated carbocycles. The first-order chi connectivity index (χ1) is 4.12. The lowest BCUT2D eigenvalue weighted by molar-refractivity contribution is -0.190. The van der Waals surface area contributed by atoms with Gasteiger partial charge in [-0.05, 0) is 13.8 Å². The van der Waals surface area contributed by atoms with Gasteiger partial charge in [0, 0.05) is 13.0 Å². The van der Waals surface area contributed by atoms with Crippen molar-refractivity contribution >= 4 is 0 Å². The Labute approximate surface area is 56.8 Å². The molecule has 0 aliphatic heterocycles. The quantitative estimate of drug-likeness (QED) is 0.588. The third-order valence-electron chi connectivity index (χ3n) is 1.17. The summed E-state index contributed by atoms with van der Waals surface area (Å²) in [6, 6.07) is 0. The van der Waals surface area contributed by atoms with Crippen molar-refractivity contribution < 1.29 is 9.84 Å². The number of rotatable bonds is 4. The van der Waals surface area contributed by atoms with Crippen molar-refractivity contribution in [2.75, 3.05) is 6.61 Å². The molecule has 0 aromatic carbocycles. The van der Waals surface area contributed by atoms with Crippen LogP contribution in [0.3, 0.4) is 0 Å². The number of hydrogen-bond donors (Lipinski definition) is 1. The van der Waals surface area contributed by atoms with Crippen LogP contribution in [-0.4, -0.2) is 17.5 Å². The van der Waals surface area contributed by atoms with Gasteiger partial charge in [0.15, 0.2) is 5.79 Å². The summed E-state index contributed by atoms with van der Waals surface area (Å²) in [5, 5.41) is 9.29. The molecule has 0 radical (unpaired) electrons. The summed E-state index contributed by atoms with van der Waals surface area (Å²) in [6.45, 7) is 6.17. The predicted octanol–water partition coefficient (Wildman–Crippen LogP) is 1.53. The molecule has 0 aliphatic rings. The van der Waals surface area contributed by atoms with Crippen LogP contribution in [0.2, 0.25) is 0 Å². The maximum atomic E-state index is 9.29. The van der Waals surface area contributed by atoms with Crippen LogP contribution >= 0.6 is 0 Å². The molecule has 2 heteroatoms. The number of hydrogen-bond acceptors (Lipinski definition) is 2. The molecule has 56 valence electrons. The van der Waals surface area contributed by atoms with Crippen molar-refractivity contribution in [2.45, 2.75) is 39.4 Å². The Kier molecular flexibility index (Phi) is 3.82. The van der Waals surface area contributed by atoms with Crippen molar-refractivity contribution in [1.82, 2.24) is 0 Å². The maximum Gasteiger partial charge on any atom is 0.162 e. The van der Waals surface area contributed by atoms with Crippen LogP contribution < -0.4 is 0 Å². The highest BCUT2D eigenvalue weighted by Crippen LogP contribution is 2.12. The van der Waals surface area contributed by atoms with Gasteiger partial charge in [-0.25, -0.2) is 0 Å². The maximum absolute atomic E-state index is 9.29. The molecule has 2 nitrogen and oxygen atoms in total. The zero-order valence-electron chi connectivity index (χ0n) is 6.48. The van der Waals surface area contributed by atoms with Crippen molar-refractivity contribution in [3.63, 3.8) is 0 Å². The Hall–Kier alpha value is -0.0800. The molecule has 0 bridgehead atoms. The van der Waals surface area contributed by atoms with Gasteiger partial charge in [0.2, 0.25) is 0 Å². The van der Waals surface area contributed by atoms with E-state index in [-0.39, 0.29) is 0 Å². The van der Waals surface area contributed by atoms with E-state index in [0.717, 1.165) is 6.42 Å². The van der Waals surface area contributed by atoms with E-state index in [1.54, 1.807) is 6.92 Å². The van der Waals surface area contributed by atoms with Crippen LogP contribution in [0.1, 0.15) is 33.6 Å². The van der Waals surface area contributed by atoms with Crippen molar-refractivity contribution in [3.8, 4) is 0 Å². The third kappa shape index (κ3) is 4.43. The van der Waals surface area contributed by atoms with E-state index in [9.17, 15) is 5.11 Å². The van der Waals surface area contributed by atoms with E-state index >= 15 is 0 Å². The smallest absolute Gasteiger partial charge is 0.162 e. The van der Waals surface area contributed by atoms with Gasteiger partial charge in [0.1, 0.15) is 0 Å². The van der Waals surface area contributed by atoms with E-state index in [2.05, 4.69) is 0 Å². The average molecular weight is 132 g/mol. The van der Waals surface area contributed by atoms with Crippen LogP contribution in [0.4, 0.5) is 0 Å². The predicted molar refractivity (Wildman–Crippen MR) is 37.2 cm³/mol. The van der Waals surface area contributed by atoms with Crippen LogP contribution in [0.25, 0.3) is 0 Å². The minimum Gasteiger partial charge on any atom is -0.366 e. The Bertz CT molecular complexity index is 61.3. The molecule has 1 N–H and O–H groups in total. The van der Waals surface area contributed by atoms with Crippen LogP contribution in [-0.2, 0) is 4.74 Å². The van der Waals surface area contributed by atoms with E-state index in [0.29, 0.717) is 13.0 Å². The second-order valence-corrected chi connectivity index (χ2v) is 2.36. The van der Waals surface area contributed by atoms with Gasteiger partial charge < -0.3 is 9.84 Å². The highest BCUT2D eigenvalue weighted by atomic mass is 16.6. The molecule has 0 heterocycles. The molecule has 0 rings (SSSR count). The molecule has 0 aliphatic carbocycles. The third-order valence-corrected chi connectivity index (χ3v) is 1.17. The first-order valence-corrected chi connectivity index (χ1v) is 3.48. The Morgan fingerprint density at radius 3 is 2.33 bits per heavy atom. The fourth-order valence-electron chi connectivity index (χ4n) is 0.847.